The highest BCUT2D eigenvalue weighted by Crippen LogP contribution is 2.17. The Labute approximate surface area is 118 Å². The third kappa shape index (κ3) is 8.67. The third-order valence-electron chi connectivity index (χ3n) is 2.36. The molecule has 0 spiro atoms. The van der Waals surface area contributed by atoms with Crippen LogP contribution >= 0.6 is 11.8 Å². The van der Waals surface area contributed by atoms with Crippen molar-refractivity contribution < 1.29 is 13.2 Å². The van der Waals surface area contributed by atoms with Crippen LogP contribution in [0.15, 0.2) is 35.2 Å². The lowest BCUT2D eigenvalue weighted by Gasteiger charge is -2.04. The van der Waals surface area contributed by atoms with E-state index in [9.17, 15) is 13.2 Å². The van der Waals surface area contributed by atoms with Crippen LogP contribution in [-0.4, -0.2) is 38.6 Å². The molecule has 0 aromatic heterocycles. The number of hydrogen-bond acceptors (Lipinski definition) is 4. The molecule has 106 valence electrons. The highest BCUT2D eigenvalue weighted by atomic mass is 32.2. The van der Waals surface area contributed by atoms with E-state index < -0.39 is 9.84 Å². The van der Waals surface area contributed by atoms with Gasteiger partial charge in [0.2, 0.25) is 5.91 Å². The normalized spacial score (nSPS) is 11.2. The molecule has 1 amide bonds. The lowest BCUT2D eigenvalue weighted by Crippen LogP contribution is -2.26. The second-order valence-electron chi connectivity index (χ2n) is 4.24. The van der Waals surface area contributed by atoms with Crippen LogP contribution in [0.5, 0.6) is 0 Å². The molecule has 6 heteroatoms. The molecular weight excluding hydrogens is 282 g/mol. The van der Waals surface area contributed by atoms with Crippen LogP contribution in [0.25, 0.3) is 0 Å². The van der Waals surface area contributed by atoms with Crippen LogP contribution in [0.4, 0.5) is 0 Å². The topological polar surface area (TPSA) is 63.2 Å². The number of amides is 1. The Morgan fingerprint density at radius 2 is 1.95 bits per heavy atom. The first-order valence-corrected chi connectivity index (χ1v) is 9.14. The predicted octanol–water partition coefficient (Wildman–Crippen LogP) is 1.72. The van der Waals surface area contributed by atoms with E-state index in [1.165, 1.54) is 6.26 Å². The smallest absolute Gasteiger partial charge is 0.220 e. The Kier molecular flexibility index (Phi) is 6.94. The van der Waals surface area contributed by atoms with Gasteiger partial charge in [0.05, 0.1) is 5.75 Å². The second-order valence-corrected chi connectivity index (χ2v) is 7.67. The summed E-state index contributed by atoms with van der Waals surface area (Å²) in [5.74, 6) is 0.811. The van der Waals surface area contributed by atoms with Gasteiger partial charge in [-0.25, -0.2) is 8.42 Å². The van der Waals surface area contributed by atoms with Crippen LogP contribution in [0.1, 0.15) is 12.8 Å². The van der Waals surface area contributed by atoms with Crippen molar-refractivity contribution in [2.24, 2.45) is 0 Å². The van der Waals surface area contributed by atoms with Crippen LogP contribution in [-0.2, 0) is 14.6 Å². The maximum absolute atomic E-state index is 11.5. The zero-order valence-electron chi connectivity index (χ0n) is 11.0. The van der Waals surface area contributed by atoms with E-state index >= 15 is 0 Å². The molecule has 0 bridgehead atoms. The number of nitrogens with one attached hydrogen (secondary N) is 1. The van der Waals surface area contributed by atoms with Crippen molar-refractivity contribution in [1.82, 2.24) is 5.32 Å². The van der Waals surface area contributed by atoms with Gasteiger partial charge < -0.3 is 5.32 Å². The SMILES string of the molecule is CS(=O)(=O)CCCNC(=O)CCSc1ccccc1. The first-order valence-electron chi connectivity index (χ1n) is 6.09. The number of benzene rings is 1. The van der Waals surface area contributed by atoms with Crippen LogP contribution < -0.4 is 5.32 Å². The number of carbonyl (C=O) groups excluding carboxylic acids is 1. The maximum Gasteiger partial charge on any atom is 0.220 e. The molecule has 1 rings (SSSR count). The van der Waals surface area contributed by atoms with E-state index in [1.807, 2.05) is 30.3 Å². The van der Waals surface area contributed by atoms with Crippen LogP contribution in [0.2, 0.25) is 0 Å². The molecule has 0 radical (unpaired) electrons. The summed E-state index contributed by atoms with van der Waals surface area (Å²) >= 11 is 1.64. The molecule has 0 saturated carbocycles. The molecule has 0 aliphatic rings. The van der Waals surface area contributed by atoms with Gasteiger partial charge in [0, 0.05) is 29.9 Å². The van der Waals surface area contributed by atoms with Gasteiger partial charge in [0.15, 0.2) is 0 Å². The van der Waals surface area contributed by atoms with Gasteiger partial charge in [-0.1, -0.05) is 18.2 Å². The fourth-order valence-electron chi connectivity index (χ4n) is 1.43. The van der Waals surface area contributed by atoms with Gasteiger partial charge in [-0.15, -0.1) is 11.8 Å². The van der Waals surface area contributed by atoms with Gasteiger partial charge in [-0.2, -0.15) is 0 Å². The van der Waals surface area contributed by atoms with Crippen molar-refractivity contribution in [3.05, 3.63) is 30.3 Å². The summed E-state index contributed by atoms with van der Waals surface area (Å²) in [5.41, 5.74) is 0. The molecule has 1 N–H and O–H groups in total. The molecule has 0 aliphatic carbocycles. The lowest BCUT2D eigenvalue weighted by atomic mass is 10.4. The molecule has 0 unspecified atom stereocenters. The Hall–Kier alpha value is -1.01. The number of hydrogen-bond donors (Lipinski definition) is 1. The van der Waals surface area contributed by atoms with Gasteiger partial charge >= 0.3 is 0 Å². The largest absolute Gasteiger partial charge is 0.356 e. The van der Waals surface area contributed by atoms with E-state index in [4.69, 9.17) is 0 Å². The Morgan fingerprint density at radius 1 is 1.26 bits per heavy atom. The highest BCUT2D eigenvalue weighted by molar-refractivity contribution is 7.99. The minimum Gasteiger partial charge on any atom is -0.356 e. The second kappa shape index (κ2) is 8.22. The third-order valence-corrected chi connectivity index (χ3v) is 4.40. The molecule has 0 atom stereocenters. The average molecular weight is 301 g/mol. The molecule has 0 fully saturated rings. The molecule has 0 aliphatic heterocycles. The van der Waals surface area contributed by atoms with E-state index in [2.05, 4.69) is 5.32 Å². The summed E-state index contributed by atoms with van der Waals surface area (Å²) in [5, 5.41) is 2.72. The molecule has 1 aromatic carbocycles. The lowest BCUT2D eigenvalue weighted by molar-refractivity contribution is -0.120. The van der Waals surface area contributed by atoms with Crippen molar-refractivity contribution in [2.75, 3.05) is 24.3 Å². The summed E-state index contributed by atoms with van der Waals surface area (Å²) in [6, 6.07) is 9.91. The van der Waals surface area contributed by atoms with E-state index in [1.54, 1.807) is 11.8 Å². The number of sulfone groups is 1. The monoisotopic (exact) mass is 301 g/mol. The predicted molar refractivity (Wildman–Crippen MR) is 79.1 cm³/mol. The molecule has 0 heterocycles. The summed E-state index contributed by atoms with van der Waals surface area (Å²) in [6.45, 7) is 0.419. The van der Waals surface area contributed by atoms with Crippen LogP contribution in [0, 0.1) is 0 Å². The summed E-state index contributed by atoms with van der Waals surface area (Å²) in [4.78, 5) is 12.6. The fourth-order valence-corrected chi connectivity index (χ4v) is 2.97. The Bertz CT molecular complexity index is 486. The number of thioether (sulfide) groups is 1. The van der Waals surface area contributed by atoms with E-state index in [0.29, 0.717) is 19.4 Å². The Balaban J connectivity index is 2.08. The number of rotatable bonds is 8. The van der Waals surface area contributed by atoms with Crippen molar-refractivity contribution >= 4 is 27.5 Å². The molecule has 0 saturated heterocycles. The minimum atomic E-state index is -2.93. The van der Waals surface area contributed by atoms with E-state index in [0.717, 1.165) is 10.6 Å². The summed E-state index contributed by atoms with van der Waals surface area (Å²) < 4.78 is 21.8. The zero-order valence-corrected chi connectivity index (χ0v) is 12.6. The molecular formula is C13H19NO3S2. The first-order chi connectivity index (χ1) is 8.97. The highest BCUT2D eigenvalue weighted by Gasteiger charge is 2.04. The van der Waals surface area contributed by atoms with Crippen molar-refractivity contribution in [1.29, 1.82) is 0 Å². The van der Waals surface area contributed by atoms with Gasteiger partial charge in [0.1, 0.15) is 9.84 Å². The summed E-state index contributed by atoms with van der Waals surface area (Å²) in [7, 11) is -2.93. The van der Waals surface area contributed by atoms with Crippen LogP contribution in [0.3, 0.4) is 0 Å². The molecule has 4 nitrogen and oxygen atoms in total. The zero-order chi connectivity index (χ0) is 14.1. The van der Waals surface area contributed by atoms with Gasteiger partial charge in [0.25, 0.3) is 0 Å². The van der Waals surface area contributed by atoms with Crippen molar-refractivity contribution in [3.63, 3.8) is 0 Å². The Morgan fingerprint density at radius 3 is 2.58 bits per heavy atom. The van der Waals surface area contributed by atoms with Gasteiger partial charge in [-0.05, 0) is 18.6 Å². The summed E-state index contributed by atoms with van der Waals surface area (Å²) in [6.07, 6.45) is 2.11. The van der Waals surface area contributed by atoms with Gasteiger partial charge in [-0.3, -0.25) is 4.79 Å². The standard InChI is InChI=1S/C13H19NO3S2/c1-19(16,17)11-5-9-14-13(15)8-10-18-12-6-3-2-4-7-12/h2-4,6-7H,5,8-11H2,1H3,(H,14,15). The minimum absolute atomic E-state index is 0.0306. The van der Waals surface area contributed by atoms with Crippen molar-refractivity contribution in [2.45, 2.75) is 17.7 Å². The molecule has 1 aromatic rings. The average Bonchev–Trinajstić information content (AvgIpc) is 2.35. The fraction of sp³-hybridized carbons (Fsp3) is 0.462. The quantitative estimate of drug-likeness (QED) is 0.586. The van der Waals surface area contributed by atoms with E-state index in [-0.39, 0.29) is 11.7 Å². The first kappa shape index (κ1) is 16.0. The molecule has 19 heavy (non-hydrogen) atoms. The number of carbonyl (C=O) groups is 1. The van der Waals surface area contributed by atoms with Crippen molar-refractivity contribution in [3.8, 4) is 0 Å². The maximum atomic E-state index is 11.5.